The van der Waals surface area contributed by atoms with Crippen molar-refractivity contribution in [2.75, 3.05) is 21.0 Å². The van der Waals surface area contributed by atoms with Gasteiger partial charge in [0.1, 0.15) is 5.92 Å². The molecule has 1 heterocycles. The molecule has 0 unspecified atom stereocenters. The molecule has 3 rings (SSSR count). The molecule has 1 aliphatic heterocycles. The fraction of sp³-hybridized carbons (Fsp3) is 0.500. The van der Waals surface area contributed by atoms with E-state index in [0.29, 0.717) is 17.1 Å². The summed E-state index contributed by atoms with van der Waals surface area (Å²) in [4.78, 5) is 37.4. The van der Waals surface area contributed by atoms with Gasteiger partial charge in [0.2, 0.25) is 6.79 Å². The molecular weight excluding hydrogens is 344 g/mol. The minimum atomic E-state index is -1.67. The van der Waals surface area contributed by atoms with Crippen molar-refractivity contribution in [3.05, 3.63) is 23.8 Å². The fourth-order valence-electron chi connectivity index (χ4n) is 3.79. The maximum absolute atomic E-state index is 12.6. The van der Waals surface area contributed by atoms with E-state index < -0.39 is 41.1 Å². The highest BCUT2D eigenvalue weighted by atomic mass is 16.7. The average molecular weight is 364 g/mol. The minimum absolute atomic E-state index is 0.0565. The van der Waals surface area contributed by atoms with E-state index in [1.54, 1.807) is 18.2 Å². The van der Waals surface area contributed by atoms with E-state index in [0.717, 1.165) is 0 Å². The Balaban J connectivity index is 2.15. The van der Waals surface area contributed by atoms with Gasteiger partial charge in [-0.15, -0.1) is 0 Å². The molecule has 1 saturated carbocycles. The van der Waals surface area contributed by atoms with Crippen LogP contribution in [0.25, 0.3) is 0 Å². The third kappa shape index (κ3) is 2.90. The predicted octanol–water partition coefficient (Wildman–Crippen LogP) is 0.801. The van der Waals surface area contributed by atoms with Gasteiger partial charge in [0, 0.05) is 12.3 Å². The molecule has 1 aromatic carbocycles. The second-order valence-electron chi connectivity index (χ2n) is 6.64. The van der Waals surface area contributed by atoms with Gasteiger partial charge >= 0.3 is 11.9 Å². The highest BCUT2D eigenvalue weighted by molar-refractivity contribution is 6.02. The maximum Gasteiger partial charge on any atom is 0.316 e. The topological polar surface area (TPSA) is 108 Å². The Kier molecular flexibility index (Phi) is 4.62. The molecule has 26 heavy (non-hydrogen) atoms. The number of ether oxygens (including phenoxy) is 4. The van der Waals surface area contributed by atoms with E-state index in [2.05, 4.69) is 0 Å². The molecule has 1 fully saturated rings. The number of fused-ring (bicyclic) bond motifs is 1. The first-order valence-corrected chi connectivity index (χ1v) is 8.10. The lowest BCUT2D eigenvalue weighted by atomic mass is 9.61. The van der Waals surface area contributed by atoms with Crippen molar-refractivity contribution in [1.29, 1.82) is 0 Å². The first-order chi connectivity index (χ1) is 12.3. The van der Waals surface area contributed by atoms with E-state index in [-0.39, 0.29) is 13.2 Å². The smallest absolute Gasteiger partial charge is 0.316 e. The van der Waals surface area contributed by atoms with Gasteiger partial charge in [-0.1, -0.05) is 6.07 Å². The Morgan fingerprint density at radius 3 is 2.46 bits per heavy atom. The fourth-order valence-corrected chi connectivity index (χ4v) is 3.79. The van der Waals surface area contributed by atoms with Gasteiger partial charge in [0.25, 0.3) is 0 Å². The number of methoxy groups -OCH3 is 2. The van der Waals surface area contributed by atoms with E-state index in [4.69, 9.17) is 18.9 Å². The molecule has 8 nitrogen and oxygen atoms in total. The third-order valence-corrected chi connectivity index (χ3v) is 4.96. The number of rotatable bonds is 3. The van der Waals surface area contributed by atoms with Gasteiger partial charge in [-0.2, -0.15) is 0 Å². The normalized spacial score (nSPS) is 30.0. The summed E-state index contributed by atoms with van der Waals surface area (Å²) in [5, 5.41) is 10.8. The summed E-state index contributed by atoms with van der Waals surface area (Å²) in [5.74, 6) is -4.33. The van der Waals surface area contributed by atoms with Gasteiger partial charge in [-0.3, -0.25) is 14.4 Å². The van der Waals surface area contributed by atoms with E-state index in [1.807, 2.05) is 0 Å². The van der Waals surface area contributed by atoms with E-state index in [1.165, 1.54) is 21.1 Å². The van der Waals surface area contributed by atoms with Crippen LogP contribution in [0.5, 0.6) is 11.5 Å². The molecule has 1 aliphatic carbocycles. The standard InChI is InChI=1S/C18H20O8/c1-18(22)7-10(19)14(16(20)23-2)13(15(18)17(21)24-3)9-4-5-11-12(6-9)26-8-25-11/h4-6,13-15,22H,7-8H2,1-3H3/t13-,14-,15+,18-/m0/s1. The summed E-state index contributed by atoms with van der Waals surface area (Å²) in [7, 11) is 2.37. The summed E-state index contributed by atoms with van der Waals surface area (Å²) >= 11 is 0. The highest BCUT2D eigenvalue weighted by Crippen LogP contribution is 2.48. The second-order valence-corrected chi connectivity index (χ2v) is 6.64. The summed E-state index contributed by atoms with van der Waals surface area (Å²) in [5.41, 5.74) is -1.19. The third-order valence-electron chi connectivity index (χ3n) is 4.96. The Labute approximate surface area is 150 Å². The maximum atomic E-state index is 12.6. The molecule has 0 aromatic heterocycles. The largest absolute Gasteiger partial charge is 0.469 e. The first kappa shape index (κ1) is 18.2. The minimum Gasteiger partial charge on any atom is -0.469 e. The van der Waals surface area contributed by atoms with Crippen LogP contribution in [0.15, 0.2) is 18.2 Å². The molecule has 0 amide bonds. The Bertz CT molecular complexity index is 754. The Morgan fingerprint density at radius 2 is 1.81 bits per heavy atom. The van der Waals surface area contributed by atoms with Crippen LogP contribution in [0, 0.1) is 11.8 Å². The van der Waals surface area contributed by atoms with Gasteiger partial charge in [0.15, 0.2) is 17.3 Å². The molecule has 0 saturated heterocycles. The summed E-state index contributed by atoms with van der Waals surface area (Å²) < 4.78 is 20.3. The van der Waals surface area contributed by atoms with E-state index in [9.17, 15) is 19.5 Å². The van der Waals surface area contributed by atoms with Crippen molar-refractivity contribution in [3.8, 4) is 11.5 Å². The van der Waals surface area contributed by atoms with Crippen LogP contribution >= 0.6 is 0 Å². The zero-order chi connectivity index (χ0) is 19.1. The Hall–Kier alpha value is -2.61. The molecule has 0 bridgehead atoms. The van der Waals surface area contributed by atoms with Crippen LogP contribution < -0.4 is 9.47 Å². The molecule has 140 valence electrons. The molecule has 0 spiro atoms. The lowest BCUT2D eigenvalue weighted by molar-refractivity contribution is -0.170. The number of Topliss-reactive ketones (excluding diaryl/α,β-unsaturated/α-hetero) is 1. The van der Waals surface area contributed by atoms with Crippen LogP contribution in [0.2, 0.25) is 0 Å². The number of ketones is 1. The van der Waals surface area contributed by atoms with Gasteiger partial charge in [0.05, 0.1) is 25.7 Å². The van der Waals surface area contributed by atoms with Crippen molar-refractivity contribution in [2.24, 2.45) is 11.8 Å². The zero-order valence-electron chi connectivity index (χ0n) is 14.7. The highest BCUT2D eigenvalue weighted by Gasteiger charge is 2.57. The number of esters is 2. The van der Waals surface area contributed by atoms with Crippen LogP contribution in [0.1, 0.15) is 24.8 Å². The van der Waals surface area contributed by atoms with Crippen LogP contribution in [-0.4, -0.2) is 49.4 Å². The SMILES string of the molecule is COC(=O)[C@H]1C(=O)C[C@](C)(O)[C@@H](C(=O)OC)[C@H]1c1ccc2c(c1)OCO2. The quantitative estimate of drug-likeness (QED) is 0.620. The number of carbonyl (C=O) groups excluding carboxylic acids is 3. The number of aliphatic hydroxyl groups is 1. The van der Waals surface area contributed by atoms with Crippen LogP contribution in [0.3, 0.4) is 0 Å². The lowest BCUT2D eigenvalue weighted by Crippen LogP contribution is -2.55. The Morgan fingerprint density at radius 1 is 1.15 bits per heavy atom. The number of hydrogen-bond acceptors (Lipinski definition) is 8. The number of benzene rings is 1. The summed E-state index contributed by atoms with van der Waals surface area (Å²) in [6.45, 7) is 1.45. The summed E-state index contributed by atoms with van der Waals surface area (Å²) in [6, 6.07) is 4.88. The monoisotopic (exact) mass is 364 g/mol. The molecule has 1 N–H and O–H groups in total. The molecule has 8 heteroatoms. The van der Waals surface area contributed by atoms with Crippen LogP contribution in [0.4, 0.5) is 0 Å². The predicted molar refractivity (Wildman–Crippen MR) is 86.6 cm³/mol. The first-order valence-electron chi connectivity index (χ1n) is 8.10. The van der Waals surface area contributed by atoms with Crippen molar-refractivity contribution in [1.82, 2.24) is 0 Å². The van der Waals surface area contributed by atoms with Crippen LogP contribution in [-0.2, 0) is 23.9 Å². The second kappa shape index (κ2) is 6.60. The molecule has 2 aliphatic rings. The van der Waals surface area contributed by atoms with Crippen molar-refractivity contribution >= 4 is 17.7 Å². The lowest BCUT2D eigenvalue weighted by Gasteiger charge is -2.43. The van der Waals surface area contributed by atoms with Crippen molar-refractivity contribution in [2.45, 2.75) is 24.9 Å². The molecule has 4 atom stereocenters. The van der Waals surface area contributed by atoms with Gasteiger partial charge in [-0.05, 0) is 24.6 Å². The van der Waals surface area contributed by atoms with E-state index >= 15 is 0 Å². The van der Waals surface area contributed by atoms with Crippen molar-refractivity contribution in [3.63, 3.8) is 0 Å². The summed E-state index contributed by atoms with van der Waals surface area (Å²) in [6.07, 6.45) is -0.354. The van der Waals surface area contributed by atoms with Crippen molar-refractivity contribution < 1.29 is 38.4 Å². The molecule has 0 radical (unpaired) electrons. The number of hydrogen-bond donors (Lipinski definition) is 1. The van der Waals surface area contributed by atoms with Gasteiger partial charge < -0.3 is 24.1 Å². The average Bonchev–Trinajstić information content (AvgIpc) is 3.06. The molecular formula is C18H20O8. The zero-order valence-corrected chi connectivity index (χ0v) is 14.7. The van der Waals surface area contributed by atoms with Gasteiger partial charge in [-0.25, -0.2) is 0 Å². The molecule has 1 aromatic rings. The number of carbonyl (C=O) groups is 3.